The largest absolute Gasteiger partial charge is 0.314 e. The molecule has 0 amide bonds. The van der Waals surface area contributed by atoms with E-state index in [1.54, 1.807) is 0 Å². The fourth-order valence-electron chi connectivity index (χ4n) is 3.60. The molecule has 0 saturated carbocycles. The van der Waals surface area contributed by atoms with E-state index >= 15 is 0 Å². The fourth-order valence-corrected chi connectivity index (χ4v) is 3.86. The number of rotatable bonds is 9. The Bertz CT molecular complexity index is 1220. The Balaban J connectivity index is 1.61. The lowest BCUT2D eigenvalue weighted by atomic mass is 9.98. The predicted molar refractivity (Wildman–Crippen MR) is 121 cm³/mol. The van der Waals surface area contributed by atoms with Gasteiger partial charge in [-0.2, -0.15) is 5.21 Å². The number of nitrogens with zero attached hydrogens (tertiary/aromatic N) is 7. The molecule has 2 heterocycles. The van der Waals surface area contributed by atoms with Crippen LogP contribution >= 0.6 is 11.6 Å². The zero-order chi connectivity index (χ0) is 22.3. The Kier molecular flexibility index (Phi) is 6.79. The number of aromatic nitrogens is 6. The normalized spacial score (nSPS) is 10.8. The predicted octanol–water partition coefficient (Wildman–Crippen LogP) is 4.82. The van der Waals surface area contributed by atoms with E-state index in [0.29, 0.717) is 23.2 Å². The Hall–Kier alpha value is -3.68. The summed E-state index contributed by atoms with van der Waals surface area (Å²) in [6.07, 6.45) is 2.93. The van der Waals surface area contributed by atoms with Crippen LogP contribution in [-0.2, 0) is 19.5 Å². The first-order chi connectivity index (χ1) is 15.7. The van der Waals surface area contributed by atoms with Crippen LogP contribution in [0, 0.1) is 5.53 Å². The molecule has 0 atom stereocenters. The second kappa shape index (κ2) is 10.1. The molecule has 0 aliphatic rings. The second-order valence-corrected chi connectivity index (χ2v) is 7.69. The van der Waals surface area contributed by atoms with Crippen LogP contribution in [0.2, 0.25) is 5.15 Å². The summed E-state index contributed by atoms with van der Waals surface area (Å²) in [5.74, 6) is 1.49. The summed E-state index contributed by atoms with van der Waals surface area (Å²) in [6, 6.07) is 16.3. The van der Waals surface area contributed by atoms with E-state index in [9.17, 15) is 0 Å². The number of aromatic amines is 1. The summed E-state index contributed by atoms with van der Waals surface area (Å²) in [5, 5.41) is 18.7. The highest BCUT2D eigenvalue weighted by molar-refractivity contribution is 6.30. The van der Waals surface area contributed by atoms with Crippen LogP contribution in [0.25, 0.3) is 22.5 Å². The molecule has 0 fully saturated rings. The van der Waals surface area contributed by atoms with Crippen molar-refractivity contribution < 1.29 is 0 Å². The third kappa shape index (κ3) is 4.64. The van der Waals surface area contributed by atoms with Crippen molar-refractivity contribution in [3.63, 3.8) is 0 Å². The molecule has 0 unspecified atom stereocenters. The van der Waals surface area contributed by atoms with Gasteiger partial charge in [0, 0.05) is 12.0 Å². The Labute approximate surface area is 190 Å². The number of nitrogens with one attached hydrogen (secondary N) is 2. The summed E-state index contributed by atoms with van der Waals surface area (Å²) in [7, 11) is 0. The maximum atomic E-state index is 6.89. The summed E-state index contributed by atoms with van der Waals surface area (Å²) < 4.78 is 2.02. The summed E-state index contributed by atoms with van der Waals surface area (Å²) in [6.45, 7) is 2.96. The summed E-state index contributed by atoms with van der Waals surface area (Å²) >= 11 is 6.61. The van der Waals surface area contributed by atoms with Crippen LogP contribution in [0.15, 0.2) is 53.6 Å². The second-order valence-electron chi connectivity index (χ2n) is 7.33. The molecule has 10 heteroatoms. The number of benzene rings is 2. The van der Waals surface area contributed by atoms with Crippen LogP contribution in [0.3, 0.4) is 0 Å². The third-order valence-corrected chi connectivity index (χ3v) is 5.64. The maximum absolute atomic E-state index is 6.89. The number of H-pyrrole nitrogens is 1. The van der Waals surface area contributed by atoms with Crippen molar-refractivity contribution in [1.29, 1.82) is 5.53 Å². The number of halogens is 1. The van der Waals surface area contributed by atoms with Crippen LogP contribution in [0.1, 0.15) is 36.8 Å². The van der Waals surface area contributed by atoms with Crippen molar-refractivity contribution >= 4 is 11.6 Å². The molecule has 0 spiro atoms. The number of unbranched alkanes of at least 4 members (excludes halogenated alkanes) is 1. The monoisotopic (exact) mass is 448 g/mol. The smallest absolute Gasteiger partial charge is 0.214 e. The SMILES string of the molecule is CCCCc1nc(CN=[N+]=N)c(Cl)n1Cc1ccc(-c2ccccc2-c2nn[nH]n2)cc1. The van der Waals surface area contributed by atoms with Gasteiger partial charge in [-0.25, -0.2) is 4.98 Å². The molecule has 32 heavy (non-hydrogen) atoms. The van der Waals surface area contributed by atoms with Crippen LogP contribution < -0.4 is 4.91 Å². The highest BCUT2D eigenvalue weighted by Crippen LogP contribution is 2.30. The number of tetrazole rings is 1. The first-order valence-electron chi connectivity index (χ1n) is 10.4. The van der Waals surface area contributed by atoms with Gasteiger partial charge in [-0.1, -0.05) is 73.5 Å². The van der Waals surface area contributed by atoms with E-state index in [1.165, 1.54) is 0 Å². The van der Waals surface area contributed by atoms with Crippen LogP contribution in [0.4, 0.5) is 0 Å². The van der Waals surface area contributed by atoms with Crippen LogP contribution in [-0.4, -0.2) is 30.2 Å². The molecule has 4 aromatic rings. The van der Waals surface area contributed by atoms with Gasteiger partial charge in [0.25, 0.3) is 0 Å². The molecule has 2 N–H and O–H groups in total. The van der Waals surface area contributed by atoms with Crippen LogP contribution in [0.5, 0.6) is 0 Å². The van der Waals surface area contributed by atoms with E-state index in [0.717, 1.165) is 47.3 Å². The Morgan fingerprint density at radius 2 is 1.91 bits per heavy atom. The van der Waals surface area contributed by atoms with E-state index in [2.05, 4.69) is 66.8 Å². The molecule has 9 nitrogen and oxygen atoms in total. The lowest BCUT2D eigenvalue weighted by Gasteiger charge is -2.11. The van der Waals surface area contributed by atoms with Crippen molar-refractivity contribution in [3.8, 4) is 22.5 Å². The lowest BCUT2D eigenvalue weighted by Crippen LogP contribution is -2.05. The van der Waals surface area contributed by atoms with Gasteiger partial charge in [-0.3, -0.25) is 0 Å². The van der Waals surface area contributed by atoms with Gasteiger partial charge >= 0.3 is 0 Å². The van der Waals surface area contributed by atoms with E-state index in [-0.39, 0.29) is 6.54 Å². The van der Waals surface area contributed by atoms with Gasteiger partial charge in [-0.15, -0.1) is 10.2 Å². The average Bonchev–Trinajstić information content (AvgIpc) is 3.46. The van der Waals surface area contributed by atoms with Gasteiger partial charge in [0.05, 0.1) is 6.54 Å². The van der Waals surface area contributed by atoms with Gasteiger partial charge in [-0.05, 0) is 28.3 Å². The van der Waals surface area contributed by atoms with Crippen molar-refractivity contribution in [1.82, 2.24) is 35.1 Å². The highest BCUT2D eigenvalue weighted by atomic mass is 35.5. The number of hydrogen-bond donors (Lipinski definition) is 2. The molecular formula is C22H23ClN9+. The average molecular weight is 449 g/mol. The van der Waals surface area contributed by atoms with Gasteiger partial charge in [0.15, 0.2) is 6.54 Å². The molecule has 2 aromatic carbocycles. The molecule has 4 rings (SSSR count). The highest BCUT2D eigenvalue weighted by Gasteiger charge is 2.17. The Morgan fingerprint density at radius 1 is 1.12 bits per heavy atom. The van der Waals surface area contributed by atoms with E-state index in [1.807, 2.05) is 28.8 Å². The Morgan fingerprint density at radius 3 is 2.59 bits per heavy atom. The first kappa shape index (κ1) is 21.5. The molecule has 0 aliphatic heterocycles. The van der Waals surface area contributed by atoms with Gasteiger partial charge in [0.2, 0.25) is 10.7 Å². The molecule has 0 saturated heterocycles. The zero-order valence-corrected chi connectivity index (χ0v) is 18.4. The molecular weight excluding hydrogens is 426 g/mol. The number of aryl methyl sites for hydroxylation is 1. The minimum Gasteiger partial charge on any atom is -0.314 e. The first-order valence-corrected chi connectivity index (χ1v) is 10.8. The van der Waals surface area contributed by atoms with Crippen molar-refractivity contribution in [2.75, 3.05) is 0 Å². The summed E-state index contributed by atoms with van der Waals surface area (Å²) in [5.41, 5.74) is 11.7. The lowest BCUT2D eigenvalue weighted by molar-refractivity contribution is 0.678. The number of hydrogen-bond acceptors (Lipinski definition) is 6. The van der Waals surface area contributed by atoms with Crippen molar-refractivity contribution in [2.24, 2.45) is 5.11 Å². The molecule has 0 aliphatic carbocycles. The molecule has 0 bridgehead atoms. The molecule has 2 aromatic heterocycles. The third-order valence-electron chi connectivity index (χ3n) is 5.21. The topological polar surface area (TPSA) is 123 Å². The minimum atomic E-state index is 0.209. The number of imidazole rings is 1. The quantitative estimate of drug-likeness (QED) is 0.281. The molecule has 162 valence electrons. The molecule has 0 radical (unpaired) electrons. The van der Waals surface area contributed by atoms with Crippen molar-refractivity contribution in [3.05, 3.63) is 70.8 Å². The summed E-state index contributed by atoms with van der Waals surface area (Å²) in [4.78, 5) is 7.73. The fraction of sp³-hybridized carbons (Fsp3) is 0.273. The van der Waals surface area contributed by atoms with Gasteiger partial charge in [0.1, 0.15) is 27.3 Å². The standard InChI is InChI=1S/C22H23ClN9/c1-2-3-8-20-26-19(13-25-29-24)21(23)32(20)14-15-9-11-16(12-10-15)17-6-4-5-7-18(17)22-27-30-31-28-22/h4-7,9-12,24H,2-3,8,13-14H2,1H3,(H,27,28,30,31)/q+1. The van der Waals surface area contributed by atoms with Crippen molar-refractivity contribution in [2.45, 2.75) is 39.3 Å². The zero-order valence-electron chi connectivity index (χ0n) is 17.7. The van der Waals surface area contributed by atoms with E-state index < -0.39 is 0 Å². The van der Waals surface area contributed by atoms with E-state index in [4.69, 9.17) is 17.1 Å². The minimum absolute atomic E-state index is 0.209. The van der Waals surface area contributed by atoms with Gasteiger partial charge < -0.3 is 4.57 Å². The maximum Gasteiger partial charge on any atom is 0.214 e.